The number of morpholine rings is 1. The van der Waals surface area contributed by atoms with Crippen LogP contribution in [0.4, 0.5) is 5.82 Å². The highest BCUT2D eigenvalue weighted by molar-refractivity contribution is 7.98. The normalized spacial score (nSPS) is 18.1. The fraction of sp³-hybridized carbons (Fsp3) is 0.440. The van der Waals surface area contributed by atoms with Gasteiger partial charge >= 0.3 is 0 Å². The van der Waals surface area contributed by atoms with Crippen LogP contribution < -0.4 is 10.3 Å². The molecule has 1 aromatic heterocycles. The Morgan fingerprint density at radius 3 is 2.57 bits per heavy atom. The number of nitrogens with zero attached hydrogens (tertiary/aromatic N) is 6. The molecule has 2 saturated heterocycles. The predicted molar refractivity (Wildman–Crippen MR) is 150 cm³/mol. The smallest absolute Gasteiger partial charge is 0.219 e. The zero-order valence-corrected chi connectivity index (χ0v) is 23.1. The first-order chi connectivity index (χ1) is 18.0. The molecule has 0 aliphatic carbocycles. The van der Waals surface area contributed by atoms with E-state index in [0.717, 1.165) is 40.6 Å². The van der Waals surface area contributed by atoms with Crippen LogP contribution in [0.3, 0.4) is 0 Å². The first kappa shape index (κ1) is 27.4. The Morgan fingerprint density at radius 1 is 1.16 bits per heavy atom. The Balaban J connectivity index is 1.69. The Labute approximate surface area is 225 Å². The summed E-state index contributed by atoms with van der Waals surface area (Å²) < 4.78 is 20.6. The minimum Gasteiger partial charge on any atom is -0.593 e. The van der Waals surface area contributed by atoms with Crippen LogP contribution in [0.5, 0.6) is 0 Å². The minimum absolute atomic E-state index is 0.0507. The van der Waals surface area contributed by atoms with E-state index in [4.69, 9.17) is 14.7 Å². The number of carbonyl (C=O) groups is 1. The zero-order chi connectivity index (χ0) is 26.2. The molecule has 37 heavy (non-hydrogen) atoms. The van der Waals surface area contributed by atoms with Crippen molar-refractivity contribution in [1.29, 1.82) is 0 Å². The molecule has 0 bridgehead atoms. The van der Waals surface area contributed by atoms with Gasteiger partial charge in [-0.05, 0) is 6.26 Å². The van der Waals surface area contributed by atoms with Crippen molar-refractivity contribution in [2.75, 3.05) is 70.7 Å². The summed E-state index contributed by atoms with van der Waals surface area (Å²) >= 11 is 0.242. The third-order valence-electron chi connectivity index (χ3n) is 6.20. The van der Waals surface area contributed by atoms with E-state index < -0.39 is 11.4 Å². The van der Waals surface area contributed by atoms with E-state index >= 15 is 0 Å². The van der Waals surface area contributed by atoms with Gasteiger partial charge in [0.1, 0.15) is 11.2 Å². The molecule has 3 heterocycles. The van der Waals surface area contributed by atoms with E-state index in [-0.39, 0.29) is 5.91 Å². The summed E-state index contributed by atoms with van der Waals surface area (Å²) in [6.45, 7) is 6.61. The molecule has 4 rings (SSSR count). The quantitative estimate of drug-likeness (QED) is 0.232. The summed E-state index contributed by atoms with van der Waals surface area (Å²) in [5.74, 6) is 1.48. The first-order valence-corrected chi connectivity index (χ1v) is 14.6. The number of amides is 1. The third kappa shape index (κ3) is 6.82. The number of hydrazone groups is 1. The molecule has 1 unspecified atom stereocenters. The maximum absolute atomic E-state index is 13.1. The fourth-order valence-corrected chi connectivity index (χ4v) is 5.83. The van der Waals surface area contributed by atoms with Crippen LogP contribution in [0.25, 0.3) is 17.5 Å². The number of hydrogen-bond donors (Lipinski definition) is 1. The Kier molecular flexibility index (Phi) is 9.81. The number of nitrogens with one attached hydrogen (secondary N) is 1. The summed E-state index contributed by atoms with van der Waals surface area (Å²) in [6, 6.07) is 7.86. The highest BCUT2D eigenvalue weighted by atomic mass is 32.2. The molecule has 1 aromatic carbocycles. The fourth-order valence-electron chi connectivity index (χ4n) is 4.21. The molecule has 1 atom stereocenters. The molecule has 2 aromatic rings. The molecule has 2 aliphatic heterocycles. The van der Waals surface area contributed by atoms with Gasteiger partial charge in [-0.25, -0.2) is 9.97 Å². The van der Waals surface area contributed by atoms with Crippen molar-refractivity contribution in [1.82, 2.24) is 24.6 Å². The van der Waals surface area contributed by atoms with Crippen LogP contribution >= 0.6 is 11.8 Å². The van der Waals surface area contributed by atoms with E-state index in [9.17, 15) is 9.35 Å². The predicted octanol–water partition coefficient (Wildman–Crippen LogP) is 2.05. The Bertz CT molecular complexity index is 1130. The van der Waals surface area contributed by atoms with Gasteiger partial charge in [-0.1, -0.05) is 24.3 Å². The van der Waals surface area contributed by atoms with Crippen molar-refractivity contribution < 1.29 is 14.1 Å². The van der Waals surface area contributed by atoms with Gasteiger partial charge in [-0.15, -0.1) is 16.1 Å². The number of ether oxygens (including phenoxy) is 1. The maximum atomic E-state index is 13.1. The van der Waals surface area contributed by atoms with Gasteiger partial charge in [0.05, 0.1) is 54.5 Å². The lowest BCUT2D eigenvalue weighted by molar-refractivity contribution is -0.129. The van der Waals surface area contributed by atoms with Crippen molar-refractivity contribution in [3.63, 3.8) is 0 Å². The summed E-state index contributed by atoms with van der Waals surface area (Å²) in [7, 11) is 1.75. The third-order valence-corrected chi connectivity index (χ3v) is 8.25. The average Bonchev–Trinajstić information content (AvgIpc) is 2.94. The Morgan fingerprint density at radius 2 is 1.89 bits per heavy atom. The second-order valence-electron chi connectivity index (χ2n) is 8.47. The zero-order valence-electron chi connectivity index (χ0n) is 21.4. The lowest BCUT2D eigenvalue weighted by Gasteiger charge is -2.32. The summed E-state index contributed by atoms with van der Waals surface area (Å²) in [4.78, 5) is 26.5. The van der Waals surface area contributed by atoms with Gasteiger partial charge < -0.3 is 24.5 Å². The van der Waals surface area contributed by atoms with Crippen LogP contribution in [0.1, 0.15) is 18.2 Å². The minimum atomic E-state index is -1.33. The van der Waals surface area contributed by atoms with E-state index in [1.165, 1.54) is 0 Å². The highest BCUT2D eigenvalue weighted by Crippen LogP contribution is 2.34. The van der Waals surface area contributed by atoms with Gasteiger partial charge in [-0.2, -0.15) is 5.10 Å². The largest absolute Gasteiger partial charge is 0.593 e. The summed E-state index contributed by atoms with van der Waals surface area (Å²) in [5.41, 5.74) is 5.26. The van der Waals surface area contributed by atoms with Crippen LogP contribution in [-0.2, 0) is 20.9 Å². The van der Waals surface area contributed by atoms with Crippen LogP contribution in [-0.4, -0.2) is 102 Å². The monoisotopic (exact) mass is 543 g/mol. The van der Waals surface area contributed by atoms with Crippen molar-refractivity contribution in [3.8, 4) is 11.4 Å². The maximum Gasteiger partial charge on any atom is 0.219 e. The molecule has 1 N–H and O–H groups in total. The molecule has 198 valence electrons. The lowest BCUT2D eigenvalue weighted by Crippen LogP contribution is -2.49. The number of thioether (sulfide) groups is 1. The van der Waals surface area contributed by atoms with Gasteiger partial charge in [0, 0.05) is 57.4 Å². The van der Waals surface area contributed by atoms with Gasteiger partial charge in [0.25, 0.3) is 0 Å². The summed E-state index contributed by atoms with van der Waals surface area (Å²) in [5, 5.41) is 5.87. The number of anilines is 1. The van der Waals surface area contributed by atoms with Crippen molar-refractivity contribution in [2.24, 2.45) is 5.10 Å². The molecule has 12 heteroatoms. The van der Waals surface area contributed by atoms with Gasteiger partial charge in [-0.3, -0.25) is 4.79 Å². The molecule has 2 aliphatic rings. The average molecular weight is 544 g/mol. The van der Waals surface area contributed by atoms with E-state index in [0.29, 0.717) is 45.2 Å². The number of rotatable bonds is 8. The van der Waals surface area contributed by atoms with Gasteiger partial charge in [0.2, 0.25) is 5.91 Å². The second-order valence-corrected chi connectivity index (χ2v) is 10.6. The molecule has 1 amide bonds. The number of hydrogen-bond acceptors (Lipinski definition) is 10. The van der Waals surface area contributed by atoms with Crippen molar-refractivity contribution in [2.45, 2.75) is 11.8 Å². The SMILES string of the molecule is CN/N=C\c1ccccc1-c1nc(/C=C/[S+]([O-])N2CCN(C(C)=O)CC2)c(SC)c(N2CCOCC2)n1. The number of benzene rings is 1. The van der Waals surface area contributed by atoms with Crippen LogP contribution in [0.2, 0.25) is 0 Å². The van der Waals surface area contributed by atoms with Gasteiger partial charge in [0.15, 0.2) is 5.82 Å². The molecule has 0 saturated carbocycles. The number of aromatic nitrogens is 2. The highest BCUT2D eigenvalue weighted by Gasteiger charge is 2.26. The van der Waals surface area contributed by atoms with Crippen LogP contribution in [0, 0.1) is 0 Å². The molecule has 2 fully saturated rings. The topological polar surface area (TPSA) is 109 Å². The standard InChI is InChI=1S/C25H33N7O3S2/c1-19(33)30-9-11-32(12-10-30)37(34)17-8-22-23(36-3)25(31-13-15-35-16-14-31)29-24(28-22)21-7-5-4-6-20(21)18-27-26-2/h4-8,17-18,26H,9-16H2,1-3H3/b17-8+,27-18-. The molecular formula is C25H33N7O3S2. The molecular weight excluding hydrogens is 510 g/mol. The van der Waals surface area contributed by atoms with E-state index in [1.54, 1.807) is 42.3 Å². The number of carbonyl (C=O) groups excluding carboxylic acids is 1. The number of piperazine rings is 1. The van der Waals surface area contributed by atoms with E-state index in [2.05, 4.69) is 15.4 Å². The first-order valence-electron chi connectivity index (χ1n) is 12.2. The van der Waals surface area contributed by atoms with Crippen molar-refractivity contribution >= 4 is 47.1 Å². The van der Waals surface area contributed by atoms with Crippen LogP contribution in [0.15, 0.2) is 39.7 Å². The second kappa shape index (κ2) is 13.2. The molecule has 10 nitrogen and oxygen atoms in total. The summed E-state index contributed by atoms with van der Waals surface area (Å²) in [6.07, 6.45) is 5.59. The molecule has 0 spiro atoms. The Hall–Kier alpha value is -2.64. The lowest BCUT2D eigenvalue weighted by atomic mass is 10.1. The van der Waals surface area contributed by atoms with E-state index in [1.807, 2.05) is 40.9 Å². The van der Waals surface area contributed by atoms with Crippen molar-refractivity contribution in [3.05, 3.63) is 40.9 Å². The molecule has 0 radical (unpaired) electrons.